The van der Waals surface area contributed by atoms with Gasteiger partial charge in [0.1, 0.15) is 0 Å². The third-order valence-corrected chi connectivity index (χ3v) is 5.73. The average Bonchev–Trinajstić information content (AvgIpc) is 2.87. The van der Waals surface area contributed by atoms with E-state index in [1.165, 1.54) is 31.4 Å². The molecule has 0 spiro atoms. The summed E-state index contributed by atoms with van der Waals surface area (Å²) >= 11 is 0. The lowest BCUT2D eigenvalue weighted by Gasteiger charge is -2.15. The van der Waals surface area contributed by atoms with Crippen LogP contribution in [0.3, 0.4) is 0 Å². The van der Waals surface area contributed by atoms with Crippen LogP contribution in [-0.2, 0) is 4.74 Å². The molecule has 0 saturated carbocycles. The second-order valence-electron chi connectivity index (χ2n) is 7.76. The van der Waals surface area contributed by atoms with Gasteiger partial charge in [-0.25, -0.2) is 13.2 Å². The number of rotatable bonds is 6. The van der Waals surface area contributed by atoms with Crippen LogP contribution in [0.1, 0.15) is 23.1 Å². The normalized spacial score (nSPS) is 15.6. The first-order valence-corrected chi connectivity index (χ1v) is 10.6. The third-order valence-electron chi connectivity index (χ3n) is 5.73. The summed E-state index contributed by atoms with van der Waals surface area (Å²) in [5.74, 6) is -4.08. The van der Waals surface area contributed by atoms with Gasteiger partial charge in [-0.3, -0.25) is 0 Å². The van der Waals surface area contributed by atoms with Crippen molar-refractivity contribution < 1.29 is 27.0 Å². The number of benzene rings is 3. The molecule has 0 N–H and O–H groups in total. The maximum Gasteiger partial charge on any atom is 0.201 e. The average molecular weight is 466 g/mol. The Bertz CT molecular complexity index is 1290. The zero-order valence-electron chi connectivity index (χ0n) is 18.6. The van der Waals surface area contributed by atoms with Crippen LogP contribution in [0.25, 0.3) is 28.9 Å². The second-order valence-corrected chi connectivity index (χ2v) is 7.76. The van der Waals surface area contributed by atoms with E-state index in [0.717, 1.165) is 0 Å². The molecule has 3 aromatic rings. The first kappa shape index (κ1) is 23.5. The highest BCUT2D eigenvalue weighted by atomic mass is 19.2. The Kier molecular flexibility index (Phi) is 6.98. The number of methoxy groups -OCH3 is 2. The highest BCUT2D eigenvalue weighted by molar-refractivity contribution is 5.78. The van der Waals surface area contributed by atoms with Gasteiger partial charge in [0, 0.05) is 23.8 Å². The molecule has 0 radical (unpaired) electrons. The van der Waals surface area contributed by atoms with Gasteiger partial charge in [-0.15, -0.1) is 0 Å². The predicted octanol–water partition coefficient (Wildman–Crippen LogP) is 7.45. The Morgan fingerprint density at radius 1 is 0.765 bits per heavy atom. The fraction of sp³-hybridized carbons (Fsp3) is 0.143. The molecular formula is C28H22F4O2. The molecule has 3 aromatic carbocycles. The maximum absolute atomic E-state index is 14.7. The molecule has 6 heteroatoms. The molecule has 174 valence electrons. The van der Waals surface area contributed by atoms with Crippen molar-refractivity contribution in [3.63, 3.8) is 0 Å². The van der Waals surface area contributed by atoms with Crippen LogP contribution >= 0.6 is 0 Å². The molecule has 1 unspecified atom stereocenters. The van der Waals surface area contributed by atoms with Crippen molar-refractivity contribution in [2.24, 2.45) is 0 Å². The molecule has 0 amide bonds. The highest BCUT2D eigenvalue weighted by Crippen LogP contribution is 2.31. The minimum Gasteiger partial charge on any atom is -0.494 e. The van der Waals surface area contributed by atoms with Crippen LogP contribution in [0.4, 0.5) is 17.6 Å². The molecular weight excluding hydrogens is 444 g/mol. The lowest BCUT2D eigenvalue weighted by molar-refractivity contribution is 0.143. The monoisotopic (exact) mass is 466 g/mol. The third kappa shape index (κ3) is 4.68. The van der Waals surface area contributed by atoms with Crippen molar-refractivity contribution in [1.82, 2.24) is 0 Å². The fourth-order valence-corrected chi connectivity index (χ4v) is 3.76. The minimum atomic E-state index is -1.05. The van der Waals surface area contributed by atoms with Gasteiger partial charge in [0.2, 0.25) is 5.82 Å². The van der Waals surface area contributed by atoms with Crippen molar-refractivity contribution >= 4 is 17.7 Å². The van der Waals surface area contributed by atoms with Crippen LogP contribution in [0.2, 0.25) is 0 Å². The van der Waals surface area contributed by atoms with Crippen LogP contribution in [-0.4, -0.2) is 20.3 Å². The standard InChI is InChI=1S/C28H22F4O2/c1-33-21-12-9-19(10-13-21)22-14-11-20(25(29)26(22)30)8-5-17-3-6-18(7-4-17)23-15-16-24(34-2)28(32)27(23)31/h3-12,14-16,21H,13H2,1-2H3/b8-5+. The zero-order chi connectivity index (χ0) is 24.2. The lowest BCUT2D eigenvalue weighted by atomic mass is 9.96. The van der Waals surface area contributed by atoms with Gasteiger partial charge < -0.3 is 9.47 Å². The van der Waals surface area contributed by atoms with E-state index in [-0.39, 0.29) is 28.5 Å². The van der Waals surface area contributed by atoms with E-state index in [4.69, 9.17) is 9.47 Å². The SMILES string of the molecule is COc1ccc(-c2ccc(/C=C/c3ccc(C4=CCC(OC)C=C4)c(F)c3F)cc2)c(F)c1F. The number of allylic oxidation sites excluding steroid dienone is 2. The van der Waals surface area contributed by atoms with Gasteiger partial charge >= 0.3 is 0 Å². The summed E-state index contributed by atoms with van der Waals surface area (Å²) < 4.78 is 67.8. The van der Waals surface area contributed by atoms with Crippen molar-refractivity contribution in [2.75, 3.05) is 14.2 Å². The summed E-state index contributed by atoms with van der Waals surface area (Å²) in [6.45, 7) is 0. The van der Waals surface area contributed by atoms with Crippen molar-refractivity contribution in [1.29, 1.82) is 0 Å². The summed E-state index contributed by atoms with van der Waals surface area (Å²) in [6.07, 6.45) is 8.98. The molecule has 1 aliphatic rings. The van der Waals surface area contributed by atoms with Crippen LogP contribution < -0.4 is 4.74 Å². The molecule has 0 bridgehead atoms. The van der Waals surface area contributed by atoms with E-state index in [2.05, 4.69) is 0 Å². The number of ether oxygens (including phenoxy) is 2. The van der Waals surface area contributed by atoms with Gasteiger partial charge in [-0.1, -0.05) is 66.8 Å². The maximum atomic E-state index is 14.7. The summed E-state index contributed by atoms with van der Waals surface area (Å²) in [7, 11) is 2.86. The fourth-order valence-electron chi connectivity index (χ4n) is 3.76. The summed E-state index contributed by atoms with van der Waals surface area (Å²) in [4.78, 5) is 0. The van der Waals surface area contributed by atoms with Crippen LogP contribution in [0.15, 0.2) is 66.8 Å². The topological polar surface area (TPSA) is 18.5 Å². The Morgan fingerprint density at radius 3 is 2.12 bits per heavy atom. The minimum absolute atomic E-state index is 0.0644. The molecule has 0 aromatic heterocycles. The van der Waals surface area contributed by atoms with Crippen LogP contribution in [0.5, 0.6) is 5.75 Å². The molecule has 0 fully saturated rings. The van der Waals surface area contributed by atoms with Gasteiger partial charge in [0.25, 0.3) is 0 Å². The van der Waals surface area contributed by atoms with E-state index < -0.39 is 23.3 Å². The largest absolute Gasteiger partial charge is 0.494 e. The molecule has 4 rings (SSSR count). The van der Waals surface area contributed by atoms with E-state index in [9.17, 15) is 17.6 Å². The second kappa shape index (κ2) is 10.1. The summed E-state index contributed by atoms with van der Waals surface area (Å²) in [5, 5.41) is 0. The molecule has 2 nitrogen and oxygen atoms in total. The molecule has 0 aliphatic heterocycles. The van der Waals surface area contributed by atoms with E-state index >= 15 is 0 Å². The quantitative estimate of drug-likeness (QED) is 0.278. The van der Waals surface area contributed by atoms with Gasteiger partial charge in [-0.05, 0) is 35.3 Å². The Balaban J connectivity index is 1.53. The lowest BCUT2D eigenvalue weighted by Crippen LogP contribution is -2.08. The number of hydrogen-bond acceptors (Lipinski definition) is 2. The Labute approximate surface area is 195 Å². The van der Waals surface area contributed by atoms with Crippen molar-refractivity contribution in [3.05, 3.63) is 107 Å². The Hall–Kier alpha value is -3.64. The molecule has 0 saturated heterocycles. The van der Waals surface area contributed by atoms with Gasteiger partial charge in [-0.2, -0.15) is 4.39 Å². The van der Waals surface area contributed by atoms with Crippen molar-refractivity contribution in [2.45, 2.75) is 12.5 Å². The number of hydrogen-bond donors (Lipinski definition) is 0. The van der Waals surface area contributed by atoms with Gasteiger partial charge in [0.15, 0.2) is 23.2 Å². The van der Waals surface area contributed by atoms with Gasteiger partial charge in [0.05, 0.1) is 13.2 Å². The van der Waals surface area contributed by atoms with Crippen LogP contribution in [0, 0.1) is 23.3 Å². The van der Waals surface area contributed by atoms with E-state index in [1.54, 1.807) is 49.6 Å². The Morgan fingerprint density at radius 2 is 1.47 bits per heavy atom. The molecule has 1 atom stereocenters. The van der Waals surface area contributed by atoms with E-state index in [0.29, 0.717) is 23.1 Å². The smallest absolute Gasteiger partial charge is 0.201 e. The van der Waals surface area contributed by atoms with Crippen molar-refractivity contribution in [3.8, 4) is 16.9 Å². The zero-order valence-corrected chi connectivity index (χ0v) is 18.6. The highest BCUT2D eigenvalue weighted by Gasteiger charge is 2.17. The number of halogens is 4. The first-order chi connectivity index (χ1) is 16.4. The molecule has 0 heterocycles. The summed E-state index contributed by atoms with van der Waals surface area (Å²) in [5.41, 5.74) is 2.16. The molecule has 1 aliphatic carbocycles. The first-order valence-electron chi connectivity index (χ1n) is 10.6. The summed E-state index contributed by atoms with van der Waals surface area (Å²) in [6, 6.07) is 12.5. The van der Waals surface area contributed by atoms with E-state index in [1.807, 2.05) is 12.2 Å². The predicted molar refractivity (Wildman–Crippen MR) is 126 cm³/mol. The molecule has 34 heavy (non-hydrogen) atoms.